The first kappa shape index (κ1) is 30.9. The number of aromatic amines is 1. The van der Waals surface area contributed by atoms with Gasteiger partial charge in [-0.1, -0.05) is 18.2 Å². The van der Waals surface area contributed by atoms with Crippen LogP contribution >= 0.6 is 0 Å². The number of nitrogens with two attached hydrogens (primary N) is 3. The quantitative estimate of drug-likeness (QED) is 0.0645. The number of carboxylic acids is 1. The molecule has 2 aromatic rings. The third-order valence-electron chi connectivity index (χ3n) is 6.71. The minimum Gasteiger partial charge on any atom is -0.480 e. The molecular weight excluding hydrogens is 534 g/mol. The highest BCUT2D eigenvalue weighted by Gasteiger charge is 2.32. The van der Waals surface area contributed by atoms with Crippen LogP contribution in [0.15, 0.2) is 35.5 Å². The molecule has 4 atom stereocenters. The van der Waals surface area contributed by atoms with Crippen molar-refractivity contribution in [3.8, 4) is 0 Å². The molecule has 2 heterocycles. The number of nitrogens with one attached hydrogen (secondary N) is 5. The van der Waals surface area contributed by atoms with Crippen LogP contribution in [0.2, 0.25) is 0 Å². The van der Waals surface area contributed by atoms with Gasteiger partial charge in [-0.25, -0.2) is 4.79 Å². The van der Waals surface area contributed by atoms with Crippen molar-refractivity contribution in [2.75, 3.05) is 13.1 Å². The van der Waals surface area contributed by atoms with E-state index in [-0.39, 0.29) is 37.7 Å². The average Bonchev–Trinajstić information content (AvgIpc) is 3.60. The molecule has 4 amide bonds. The maximum Gasteiger partial charge on any atom is 0.326 e. The second-order valence-electron chi connectivity index (χ2n) is 9.85. The number of carbonyl (C=O) groups is 5. The lowest BCUT2D eigenvalue weighted by molar-refractivity contribution is -0.143. The molecule has 0 bridgehead atoms. The molecule has 1 aromatic carbocycles. The number of nitrogens with zero attached hydrogens (tertiary/aromatic N) is 1. The lowest BCUT2D eigenvalue weighted by Gasteiger charge is -2.25. The number of rotatable bonds is 15. The van der Waals surface area contributed by atoms with E-state index in [0.29, 0.717) is 13.0 Å². The topological polar surface area (TPSA) is 260 Å². The van der Waals surface area contributed by atoms with Crippen molar-refractivity contribution in [3.05, 3.63) is 36.0 Å². The van der Waals surface area contributed by atoms with Crippen LogP contribution in [0.5, 0.6) is 0 Å². The summed E-state index contributed by atoms with van der Waals surface area (Å²) < 4.78 is 0. The second-order valence-corrected chi connectivity index (χ2v) is 9.85. The van der Waals surface area contributed by atoms with E-state index in [1.807, 2.05) is 24.3 Å². The highest BCUT2D eigenvalue weighted by molar-refractivity contribution is 5.95. The van der Waals surface area contributed by atoms with E-state index >= 15 is 0 Å². The number of primary amides is 1. The maximum atomic E-state index is 13.6. The lowest BCUT2D eigenvalue weighted by Crippen LogP contribution is -2.57. The van der Waals surface area contributed by atoms with Crippen LogP contribution in [0.25, 0.3) is 10.9 Å². The van der Waals surface area contributed by atoms with E-state index in [2.05, 4.69) is 31.2 Å². The van der Waals surface area contributed by atoms with E-state index in [1.54, 1.807) is 6.20 Å². The zero-order chi connectivity index (χ0) is 29.9. The van der Waals surface area contributed by atoms with Gasteiger partial charge in [-0.15, -0.1) is 0 Å². The summed E-state index contributed by atoms with van der Waals surface area (Å²) in [6.07, 6.45) is 2.99. The summed E-state index contributed by atoms with van der Waals surface area (Å²) in [6, 6.07) is 3.19. The summed E-state index contributed by atoms with van der Waals surface area (Å²) in [4.78, 5) is 69.6. The Morgan fingerprint density at radius 1 is 1.00 bits per heavy atom. The summed E-state index contributed by atoms with van der Waals surface area (Å²) in [5.74, 6) is -4.37. The van der Waals surface area contributed by atoms with Crippen molar-refractivity contribution < 1.29 is 29.1 Å². The lowest BCUT2D eigenvalue weighted by atomic mass is 10.0. The Labute approximate surface area is 236 Å². The molecule has 1 aliphatic rings. The first-order valence-electron chi connectivity index (χ1n) is 13.3. The molecule has 4 unspecified atom stereocenters. The molecule has 1 aliphatic heterocycles. The second kappa shape index (κ2) is 14.6. The van der Waals surface area contributed by atoms with E-state index in [1.165, 1.54) is 0 Å². The van der Waals surface area contributed by atoms with Crippen LogP contribution < -0.4 is 38.5 Å². The van der Waals surface area contributed by atoms with Gasteiger partial charge in [0.2, 0.25) is 23.6 Å². The van der Waals surface area contributed by atoms with Crippen molar-refractivity contribution >= 4 is 46.5 Å². The van der Waals surface area contributed by atoms with Crippen molar-refractivity contribution in [2.45, 2.75) is 62.7 Å². The van der Waals surface area contributed by atoms with Crippen LogP contribution in [-0.4, -0.2) is 82.9 Å². The van der Waals surface area contributed by atoms with Crippen molar-refractivity contribution in [1.29, 1.82) is 0 Å². The standard InChI is InChI=1S/C26H37N9O6/c27-21(36)12-20(25(40)41)35-23(38)18(8-4-10-31-26(28)29)33-24(39)19(34-22(37)17-7-3-9-30-17)11-14-13-32-16-6-2-1-5-15(14)16/h1-2,5-6,13,17-20,30,32H,3-4,7-12H2,(H2,27,36)(H,33,39)(H,34,37)(H,35,38)(H,40,41)(H4,28,29,31). The Balaban J connectivity index is 1.82. The van der Waals surface area contributed by atoms with Gasteiger partial charge >= 0.3 is 5.97 Å². The summed E-state index contributed by atoms with van der Waals surface area (Å²) in [6.45, 7) is 0.833. The number of hydrogen-bond donors (Lipinski definition) is 9. The molecule has 41 heavy (non-hydrogen) atoms. The number of guanidine groups is 1. The van der Waals surface area contributed by atoms with E-state index in [0.717, 1.165) is 22.9 Å². The number of aliphatic imine (C=N–C) groups is 1. The van der Waals surface area contributed by atoms with Gasteiger partial charge in [0, 0.05) is 30.1 Å². The molecule has 0 aliphatic carbocycles. The number of benzene rings is 1. The Morgan fingerprint density at radius 3 is 2.37 bits per heavy atom. The molecule has 0 spiro atoms. The van der Waals surface area contributed by atoms with Crippen LogP contribution in [0.4, 0.5) is 0 Å². The minimum atomic E-state index is -1.59. The fraction of sp³-hybridized carbons (Fsp3) is 0.462. The first-order chi connectivity index (χ1) is 19.5. The van der Waals surface area contributed by atoms with Gasteiger partial charge in [0.25, 0.3) is 0 Å². The third-order valence-corrected chi connectivity index (χ3v) is 6.71. The molecule has 15 heteroatoms. The van der Waals surface area contributed by atoms with Gasteiger partial charge in [-0.2, -0.15) is 0 Å². The van der Waals surface area contributed by atoms with Crippen LogP contribution in [0.1, 0.15) is 37.7 Å². The number of amides is 4. The van der Waals surface area contributed by atoms with Gasteiger partial charge in [-0.05, 0) is 43.9 Å². The molecular formula is C26H37N9O6. The zero-order valence-electron chi connectivity index (χ0n) is 22.5. The summed E-state index contributed by atoms with van der Waals surface area (Å²) in [7, 11) is 0. The maximum absolute atomic E-state index is 13.6. The summed E-state index contributed by atoms with van der Waals surface area (Å²) in [5.41, 5.74) is 17.5. The van der Waals surface area contributed by atoms with E-state index in [9.17, 15) is 29.1 Å². The highest BCUT2D eigenvalue weighted by Crippen LogP contribution is 2.19. The number of aromatic nitrogens is 1. The molecule has 1 fully saturated rings. The molecule has 1 saturated heterocycles. The largest absolute Gasteiger partial charge is 0.480 e. The molecule has 0 saturated carbocycles. The Bertz CT molecular complexity index is 1280. The van der Waals surface area contributed by atoms with Gasteiger partial charge < -0.3 is 48.6 Å². The number of para-hydroxylation sites is 1. The Hall–Kier alpha value is -4.66. The number of hydrogen-bond acceptors (Lipinski definition) is 7. The summed E-state index contributed by atoms with van der Waals surface area (Å²) in [5, 5.41) is 21.1. The van der Waals surface area contributed by atoms with Crippen molar-refractivity contribution in [2.24, 2.45) is 22.2 Å². The predicted octanol–water partition coefficient (Wildman–Crippen LogP) is -2.07. The molecule has 12 N–H and O–H groups in total. The van der Waals surface area contributed by atoms with Crippen LogP contribution in [0.3, 0.4) is 0 Å². The first-order valence-corrected chi connectivity index (χ1v) is 13.3. The number of carbonyl (C=O) groups excluding carboxylic acids is 4. The third kappa shape index (κ3) is 9.20. The van der Waals surface area contributed by atoms with E-state index in [4.69, 9.17) is 17.2 Å². The monoisotopic (exact) mass is 571 g/mol. The van der Waals surface area contributed by atoms with Crippen molar-refractivity contribution in [1.82, 2.24) is 26.3 Å². The normalized spacial score (nSPS) is 16.7. The fourth-order valence-electron chi connectivity index (χ4n) is 4.63. The van der Waals surface area contributed by atoms with E-state index < -0.39 is 54.3 Å². The fourth-order valence-corrected chi connectivity index (χ4v) is 4.63. The van der Waals surface area contributed by atoms with Crippen LogP contribution in [0, 0.1) is 0 Å². The molecule has 15 nitrogen and oxygen atoms in total. The molecule has 3 rings (SSSR count). The molecule has 1 aromatic heterocycles. The van der Waals surface area contributed by atoms with Gasteiger partial charge in [0.15, 0.2) is 5.96 Å². The summed E-state index contributed by atoms with van der Waals surface area (Å²) >= 11 is 0. The number of H-pyrrole nitrogens is 1. The van der Waals surface area contributed by atoms with Gasteiger partial charge in [0.05, 0.1) is 12.5 Å². The average molecular weight is 572 g/mol. The number of aliphatic carboxylic acids is 1. The highest BCUT2D eigenvalue weighted by atomic mass is 16.4. The smallest absolute Gasteiger partial charge is 0.326 e. The SMILES string of the molecule is NC(=O)CC(NC(=O)C(CCCN=C(N)N)NC(=O)C(Cc1c[nH]c2ccccc12)NC(=O)C1CCCN1)C(=O)O. The predicted molar refractivity (Wildman–Crippen MR) is 150 cm³/mol. The van der Waals surface area contributed by atoms with Crippen molar-refractivity contribution in [3.63, 3.8) is 0 Å². The Kier molecular flexibility index (Phi) is 11.0. The van der Waals surface area contributed by atoms with Crippen LogP contribution in [-0.2, 0) is 30.4 Å². The Morgan fingerprint density at radius 2 is 1.71 bits per heavy atom. The minimum absolute atomic E-state index is 0.0369. The number of carboxylic acid groups (broad SMARTS) is 1. The number of fused-ring (bicyclic) bond motifs is 1. The molecule has 222 valence electrons. The zero-order valence-corrected chi connectivity index (χ0v) is 22.5. The molecule has 0 radical (unpaired) electrons. The van der Waals surface area contributed by atoms with Gasteiger partial charge in [-0.3, -0.25) is 24.2 Å². The van der Waals surface area contributed by atoms with Gasteiger partial charge in [0.1, 0.15) is 18.1 Å².